The highest BCUT2D eigenvalue weighted by atomic mass is 16.4. The van der Waals surface area contributed by atoms with Gasteiger partial charge in [0.2, 0.25) is 5.91 Å². The fourth-order valence-corrected chi connectivity index (χ4v) is 2.44. The van der Waals surface area contributed by atoms with Crippen molar-refractivity contribution in [2.75, 3.05) is 26.2 Å². The van der Waals surface area contributed by atoms with E-state index < -0.39 is 5.97 Å². The number of piperidine rings is 1. The molecule has 1 fully saturated rings. The summed E-state index contributed by atoms with van der Waals surface area (Å²) in [7, 11) is 0. The zero-order valence-electron chi connectivity index (χ0n) is 11.3. The number of carboxylic acid groups (broad SMARTS) is 1. The third-order valence-corrected chi connectivity index (χ3v) is 3.42. The summed E-state index contributed by atoms with van der Waals surface area (Å²) < 4.78 is 0. The highest BCUT2D eigenvalue weighted by Crippen LogP contribution is 2.20. The first-order valence-electron chi connectivity index (χ1n) is 6.75. The number of carbonyl (C=O) groups is 2. The highest BCUT2D eigenvalue weighted by molar-refractivity contribution is 5.79. The third-order valence-electron chi connectivity index (χ3n) is 3.42. The number of hydrogen-bond acceptors (Lipinski definition) is 3. The lowest BCUT2D eigenvalue weighted by Gasteiger charge is -2.33. The zero-order valence-corrected chi connectivity index (χ0v) is 11.3. The predicted molar refractivity (Wildman–Crippen MR) is 69.3 cm³/mol. The van der Waals surface area contributed by atoms with Crippen molar-refractivity contribution in [2.24, 2.45) is 11.8 Å². The van der Waals surface area contributed by atoms with Gasteiger partial charge in [-0.25, -0.2) is 0 Å². The Kier molecular flexibility index (Phi) is 6.12. The molecule has 5 nitrogen and oxygen atoms in total. The number of carboxylic acids is 1. The van der Waals surface area contributed by atoms with Gasteiger partial charge >= 0.3 is 5.97 Å². The molecule has 5 heteroatoms. The molecular weight excluding hydrogens is 232 g/mol. The first kappa shape index (κ1) is 15.0. The van der Waals surface area contributed by atoms with Crippen LogP contribution in [0.5, 0.6) is 0 Å². The molecule has 0 radical (unpaired) electrons. The Labute approximate surface area is 109 Å². The number of nitrogens with zero attached hydrogens (tertiary/aromatic N) is 1. The van der Waals surface area contributed by atoms with E-state index in [1.54, 1.807) is 0 Å². The monoisotopic (exact) mass is 256 g/mol. The molecule has 1 rings (SSSR count). The summed E-state index contributed by atoms with van der Waals surface area (Å²) in [6, 6.07) is 0. The summed E-state index contributed by atoms with van der Waals surface area (Å²) >= 11 is 0. The molecule has 1 aliphatic heterocycles. The molecule has 0 aromatic heterocycles. The van der Waals surface area contributed by atoms with Gasteiger partial charge in [-0.05, 0) is 25.3 Å². The summed E-state index contributed by atoms with van der Waals surface area (Å²) in [5, 5.41) is 12.0. The molecule has 2 unspecified atom stereocenters. The molecule has 104 valence electrons. The molecule has 2 atom stereocenters. The SMILES string of the molecule is CCNCC(C)C(=O)N1CCCC(CC(=O)O)C1. The Morgan fingerprint density at radius 1 is 1.50 bits per heavy atom. The number of amides is 1. The van der Waals surface area contributed by atoms with Crippen LogP contribution in [0.2, 0.25) is 0 Å². The number of aliphatic carboxylic acids is 1. The van der Waals surface area contributed by atoms with Crippen LogP contribution in [0.15, 0.2) is 0 Å². The minimum absolute atomic E-state index is 0.0338. The molecule has 0 bridgehead atoms. The summed E-state index contributed by atoms with van der Waals surface area (Å²) in [5.74, 6) is -0.541. The standard InChI is InChI=1S/C13H24N2O3/c1-3-14-8-10(2)13(18)15-6-4-5-11(9-15)7-12(16)17/h10-11,14H,3-9H2,1-2H3,(H,16,17). The minimum atomic E-state index is -0.769. The molecule has 2 N–H and O–H groups in total. The Bertz CT molecular complexity index is 294. The zero-order chi connectivity index (χ0) is 13.5. The van der Waals surface area contributed by atoms with Crippen molar-refractivity contribution in [3.63, 3.8) is 0 Å². The van der Waals surface area contributed by atoms with Crippen LogP contribution in [-0.2, 0) is 9.59 Å². The first-order valence-corrected chi connectivity index (χ1v) is 6.75. The molecule has 0 aromatic carbocycles. The normalized spacial score (nSPS) is 21.7. The topological polar surface area (TPSA) is 69.6 Å². The van der Waals surface area contributed by atoms with Gasteiger partial charge in [0, 0.05) is 32.0 Å². The van der Waals surface area contributed by atoms with Crippen molar-refractivity contribution in [1.29, 1.82) is 0 Å². The van der Waals surface area contributed by atoms with Gasteiger partial charge in [0.1, 0.15) is 0 Å². The van der Waals surface area contributed by atoms with Crippen LogP contribution in [0.4, 0.5) is 0 Å². The summed E-state index contributed by atoms with van der Waals surface area (Å²) in [4.78, 5) is 24.7. The van der Waals surface area contributed by atoms with E-state index in [-0.39, 0.29) is 24.2 Å². The molecular formula is C13H24N2O3. The number of rotatable bonds is 6. The maximum Gasteiger partial charge on any atom is 0.303 e. The molecule has 0 aliphatic carbocycles. The van der Waals surface area contributed by atoms with Crippen LogP contribution in [0.1, 0.15) is 33.1 Å². The first-order chi connectivity index (χ1) is 8.54. The molecule has 1 amide bonds. The molecule has 18 heavy (non-hydrogen) atoms. The summed E-state index contributed by atoms with van der Waals surface area (Å²) in [5.41, 5.74) is 0. The van der Waals surface area contributed by atoms with E-state index in [0.717, 1.165) is 25.9 Å². The van der Waals surface area contributed by atoms with Crippen molar-refractivity contribution < 1.29 is 14.7 Å². The fourth-order valence-electron chi connectivity index (χ4n) is 2.44. The van der Waals surface area contributed by atoms with Gasteiger partial charge in [-0.3, -0.25) is 9.59 Å². The summed E-state index contributed by atoms with van der Waals surface area (Å²) in [6.45, 7) is 6.86. The van der Waals surface area contributed by atoms with Gasteiger partial charge in [0.15, 0.2) is 0 Å². The van der Waals surface area contributed by atoms with Crippen molar-refractivity contribution >= 4 is 11.9 Å². The smallest absolute Gasteiger partial charge is 0.303 e. The Hall–Kier alpha value is -1.10. The van der Waals surface area contributed by atoms with Gasteiger partial charge in [0.05, 0.1) is 0 Å². The summed E-state index contributed by atoms with van der Waals surface area (Å²) in [6.07, 6.45) is 2.00. The highest BCUT2D eigenvalue weighted by Gasteiger charge is 2.27. The van der Waals surface area contributed by atoms with Gasteiger partial charge < -0.3 is 15.3 Å². The number of hydrogen-bond donors (Lipinski definition) is 2. The van der Waals surface area contributed by atoms with Crippen molar-refractivity contribution in [2.45, 2.75) is 33.1 Å². The number of likely N-dealkylation sites (tertiary alicyclic amines) is 1. The molecule has 0 aromatic rings. The van der Waals surface area contributed by atoms with Crippen molar-refractivity contribution in [3.8, 4) is 0 Å². The van der Waals surface area contributed by atoms with Crippen LogP contribution in [0, 0.1) is 11.8 Å². The van der Waals surface area contributed by atoms with E-state index in [4.69, 9.17) is 5.11 Å². The second-order valence-corrected chi connectivity index (χ2v) is 5.10. The second-order valence-electron chi connectivity index (χ2n) is 5.10. The van der Waals surface area contributed by atoms with Crippen molar-refractivity contribution in [1.82, 2.24) is 10.2 Å². The van der Waals surface area contributed by atoms with Crippen LogP contribution in [0.3, 0.4) is 0 Å². The average Bonchev–Trinajstić information content (AvgIpc) is 2.34. The second kappa shape index (κ2) is 7.36. The lowest BCUT2D eigenvalue weighted by Crippen LogP contribution is -2.44. The minimum Gasteiger partial charge on any atom is -0.481 e. The van der Waals surface area contributed by atoms with E-state index in [9.17, 15) is 9.59 Å². The largest absolute Gasteiger partial charge is 0.481 e. The van der Waals surface area contributed by atoms with Crippen LogP contribution in [-0.4, -0.2) is 48.1 Å². The lowest BCUT2D eigenvalue weighted by molar-refractivity contribution is -0.141. The number of nitrogens with one attached hydrogen (secondary N) is 1. The molecule has 1 heterocycles. The average molecular weight is 256 g/mol. The van der Waals surface area contributed by atoms with Crippen LogP contribution in [0.25, 0.3) is 0 Å². The van der Waals surface area contributed by atoms with Gasteiger partial charge in [-0.1, -0.05) is 13.8 Å². The fraction of sp³-hybridized carbons (Fsp3) is 0.846. The van der Waals surface area contributed by atoms with Crippen molar-refractivity contribution in [3.05, 3.63) is 0 Å². The Balaban J connectivity index is 2.44. The quantitative estimate of drug-likeness (QED) is 0.742. The third kappa shape index (κ3) is 4.64. The van der Waals surface area contributed by atoms with Crippen LogP contribution >= 0.6 is 0 Å². The molecule has 1 aliphatic rings. The Morgan fingerprint density at radius 3 is 2.83 bits per heavy atom. The molecule has 0 spiro atoms. The van der Waals surface area contributed by atoms with E-state index in [0.29, 0.717) is 13.1 Å². The van der Waals surface area contributed by atoms with Gasteiger partial charge in [-0.15, -0.1) is 0 Å². The molecule has 0 saturated carbocycles. The van der Waals surface area contributed by atoms with E-state index in [1.165, 1.54) is 0 Å². The van der Waals surface area contributed by atoms with E-state index in [2.05, 4.69) is 5.32 Å². The van der Waals surface area contributed by atoms with E-state index in [1.807, 2.05) is 18.7 Å². The lowest BCUT2D eigenvalue weighted by atomic mass is 9.94. The molecule has 1 saturated heterocycles. The van der Waals surface area contributed by atoms with Crippen LogP contribution < -0.4 is 5.32 Å². The predicted octanol–water partition coefficient (Wildman–Crippen LogP) is 0.945. The Morgan fingerprint density at radius 2 is 2.22 bits per heavy atom. The van der Waals surface area contributed by atoms with E-state index >= 15 is 0 Å². The maximum absolute atomic E-state index is 12.2. The maximum atomic E-state index is 12.2. The number of carbonyl (C=O) groups excluding carboxylic acids is 1. The van der Waals surface area contributed by atoms with Gasteiger partial charge in [-0.2, -0.15) is 0 Å². The van der Waals surface area contributed by atoms with Gasteiger partial charge in [0.25, 0.3) is 0 Å².